The molecule has 1 nitrogen and oxygen atoms in total. The highest BCUT2D eigenvalue weighted by molar-refractivity contribution is 6.31. The van der Waals surface area contributed by atoms with Gasteiger partial charge in [-0.3, -0.25) is 0 Å². The first-order valence-corrected chi connectivity index (χ1v) is 8.05. The highest BCUT2D eigenvalue weighted by atomic mass is 35.5. The van der Waals surface area contributed by atoms with E-state index in [-0.39, 0.29) is 0 Å². The van der Waals surface area contributed by atoms with Crippen molar-refractivity contribution in [1.82, 2.24) is 0 Å². The van der Waals surface area contributed by atoms with E-state index in [4.69, 9.17) is 11.6 Å². The molecule has 2 unspecified atom stereocenters. The largest absolute Gasteiger partial charge is 0.388 e. The number of halogens is 1. The molecule has 3 rings (SSSR count). The molecule has 1 aliphatic carbocycles. The normalized spacial score (nSPS) is 19.1. The molecule has 0 spiro atoms. The number of aliphatic hydroxyl groups is 1. The number of rotatable bonds is 3. The van der Waals surface area contributed by atoms with Crippen molar-refractivity contribution in [2.24, 2.45) is 0 Å². The molecule has 0 fully saturated rings. The summed E-state index contributed by atoms with van der Waals surface area (Å²) in [6.07, 6.45) is 3.87. The summed E-state index contributed by atoms with van der Waals surface area (Å²) in [6.45, 7) is 1.98. The molecule has 2 aromatic rings. The van der Waals surface area contributed by atoms with E-state index in [2.05, 4.69) is 24.3 Å². The molecule has 2 heteroatoms. The maximum atomic E-state index is 10.6. The zero-order valence-electron chi connectivity index (χ0n) is 12.3. The van der Waals surface area contributed by atoms with Crippen LogP contribution >= 0.6 is 11.6 Å². The molecule has 0 heterocycles. The lowest BCUT2D eigenvalue weighted by molar-refractivity contribution is 0.154. The Bertz CT molecular complexity index is 635. The minimum absolute atomic E-state index is 0.445. The van der Waals surface area contributed by atoms with Gasteiger partial charge in [-0.25, -0.2) is 0 Å². The Labute approximate surface area is 131 Å². The van der Waals surface area contributed by atoms with Crippen molar-refractivity contribution in [2.75, 3.05) is 0 Å². The van der Waals surface area contributed by atoms with E-state index in [1.54, 1.807) is 0 Å². The van der Waals surface area contributed by atoms with E-state index < -0.39 is 6.10 Å². The van der Waals surface area contributed by atoms with Crippen LogP contribution in [0.15, 0.2) is 42.5 Å². The molecule has 0 bridgehead atoms. The van der Waals surface area contributed by atoms with E-state index in [1.807, 2.05) is 25.1 Å². The molecule has 2 atom stereocenters. The highest BCUT2D eigenvalue weighted by Gasteiger charge is 2.23. The third-order valence-corrected chi connectivity index (χ3v) is 4.99. The Morgan fingerprint density at radius 1 is 1.24 bits per heavy atom. The Morgan fingerprint density at radius 3 is 2.86 bits per heavy atom. The Balaban J connectivity index is 1.79. The molecule has 0 radical (unpaired) electrons. The Kier molecular flexibility index (Phi) is 4.32. The van der Waals surface area contributed by atoms with Gasteiger partial charge in [-0.2, -0.15) is 0 Å². The lowest BCUT2D eigenvalue weighted by atomic mass is 9.79. The van der Waals surface area contributed by atoms with Crippen LogP contribution in [0.25, 0.3) is 0 Å². The molecule has 0 aliphatic heterocycles. The van der Waals surface area contributed by atoms with Gasteiger partial charge in [0.25, 0.3) is 0 Å². The van der Waals surface area contributed by atoms with Gasteiger partial charge in [-0.1, -0.05) is 48.0 Å². The first-order chi connectivity index (χ1) is 10.1. The van der Waals surface area contributed by atoms with Crippen LogP contribution in [-0.4, -0.2) is 5.11 Å². The summed E-state index contributed by atoms with van der Waals surface area (Å²) in [5.74, 6) is 0.449. The summed E-state index contributed by atoms with van der Waals surface area (Å²) in [5, 5.41) is 11.3. The van der Waals surface area contributed by atoms with Gasteiger partial charge in [0.2, 0.25) is 0 Å². The minimum atomic E-state index is -0.445. The summed E-state index contributed by atoms with van der Waals surface area (Å²) < 4.78 is 0. The zero-order valence-corrected chi connectivity index (χ0v) is 13.1. The zero-order chi connectivity index (χ0) is 14.8. The molecule has 1 N–H and O–H groups in total. The van der Waals surface area contributed by atoms with Crippen LogP contribution in [0.1, 0.15) is 53.5 Å². The van der Waals surface area contributed by atoms with Gasteiger partial charge >= 0.3 is 0 Å². The topological polar surface area (TPSA) is 20.2 Å². The van der Waals surface area contributed by atoms with Gasteiger partial charge in [-0.05, 0) is 66.8 Å². The number of hydrogen-bond donors (Lipinski definition) is 1. The maximum Gasteiger partial charge on any atom is 0.0796 e. The molecule has 21 heavy (non-hydrogen) atoms. The molecule has 0 saturated carbocycles. The summed E-state index contributed by atoms with van der Waals surface area (Å²) in [7, 11) is 0. The SMILES string of the molecule is Cc1ccc(C(O)CC2CCCc3ccccc32)cc1Cl. The molecule has 110 valence electrons. The fraction of sp³-hybridized carbons (Fsp3) is 0.368. The first-order valence-electron chi connectivity index (χ1n) is 7.67. The van der Waals surface area contributed by atoms with Gasteiger partial charge in [0.1, 0.15) is 0 Å². The van der Waals surface area contributed by atoms with E-state index in [0.29, 0.717) is 5.92 Å². The highest BCUT2D eigenvalue weighted by Crippen LogP contribution is 2.38. The second kappa shape index (κ2) is 6.21. The Hall–Kier alpha value is -1.31. The number of aliphatic hydroxyl groups excluding tert-OH is 1. The monoisotopic (exact) mass is 300 g/mol. The van der Waals surface area contributed by atoms with Crippen molar-refractivity contribution in [3.05, 3.63) is 69.7 Å². The van der Waals surface area contributed by atoms with Crippen LogP contribution in [0.4, 0.5) is 0 Å². The van der Waals surface area contributed by atoms with Crippen molar-refractivity contribution >= 4 is 11.6 Å². The quantitative estimate of drug-likeness (QED) is 0.827. The van der Waals surface area contributed by atoms with Gasteiger partial charge in [0.05, 0.1) is 6.10 Å². The van der Waals surface area contributed by atoms with Crippen molar-refractivity contribution < 1.29 is 5.11 Å². The van der Waals surface area contributed by atoms with Crippen LogP contribution in [0.2, 0.25) is 5.02 Å². The predicted octanol–water partition coefficient (Wildman–Crippen LogP) is 5.19. The molecule has 2 aromatic carbocycles. The van der Waals surface area contributed by atoms with Gasteiger partial charge in [-0.15, -0.1) is 0 Å². The summed E-state index contributed by atoms with van der Waals surface area (Å²) in [5.41, 5.74) is 4.84. The average molecular weight is 301 g/mol. The number of benzene rings is 2. The summed E-state index contributed by atoms with van der Waals surface area (Å²) in [6, 6.07) is 14.5. The molecular weight excluding hydrogens is 280 g/mol. The van der Waals surface area contributed by atoms with Gasteiger partial charge in [0.15, 0.2) is 0 Å². The van der Waals surface area contributed by atoms with Crippen LogP contribution < -0.4 is 0 Å². The van der Waals surface area contributed by atoms with E-state index in [1.165, 1.54) is 24.0 Å². The van der Waals surface area contributed by atoms with Gasteiger partial charge in [0, 0.05) is 5.02 Å². The smallest absolute Gasteiger partial charge is 0.0796 e. The lowest BCUT2D eigenvalue weighted by Crippen LogP contribution is -2.13. The molecular formula is C19H21ClO. The molecule has 0 amide bonds. The number of hydrogen-bond acceptors (Lipinski definition) is 1. The molecule has 0 aromatic heterocycles. The summed E-state index contributed by atoms with van der Waals surface area (Å²) in [4.78, 5) is 0. The third kappa shape index (κ3) is 3.14. The van der Waals surface area contributed by atoms with Crippen LogP contribution in [0.5, 0.6) is 0 Å². The number of fused-ring (bicyclic) bond motifs is 1. The van der Waals surface area contributed by atoms with E-state index in [0.717, 1.165) is 29.0 Å². The van der Waals surface area contributed by atoms with Gasteiger partial charge < -0.3 is 5.11 Å². The Morgan fingerprint density at radius 2 is 2.05 bits per heavy atom. The van der Waals surface area contributed by atoms with Crippen LogP contribution in [-0.2, 0) is 6.42 Å². The molecule has 1 aliphatic rings. The van der Waals surface area contributed by atoms with E-state index >= 15 is 0 Å². The van der Waals surface area contributed by atoms with Crippen LogP contribution in [0, 0.1) is 6.92 Å². The summed E-state index contributed by atoms with van der Waals surface area (Å²) >= 11 is 6.17. The third-order valence-electron chi connectivity index (χ3n) is 4.58. The average Bonchev–Trinajstić information content (AvgIpc) is 2.50. The van der Waals surface area contributed by atoms with Crippen molar-refractivity contribution in [2.45, 2.75) is 44.6 Å². The lowest BCUT2D eigenvalue weighted by Gasteiger charge is -2.27. The predicted molar refractivity (Wildman–Crippen MR) is 87.9 cm³/mol. The second-order valence-electron chi connectivity index (χ2n) is 6.05. The van der Waals surface area contributed by atoms with Crippen molar-refractivity contribution in [1.29, 1.82) is 0 Å². The second-order valence-corrected chi connectivity index (χ2v) is 6.46. The van der Waals surface area contributed by atoms with Crippen molar-refractivity contribution in [3.63, 3.8) is 0 Å². The minimum Gasteiger partial charge on any atom is -0.388 e. The fourth-order valence-corrected chi connectivity index (χ4v) is 3.51. The van der Waals surface area contributed by atoms with Crippen molar-refractivity contribution in [3.8, 4) is 0 Å². The number of aryl methyl sites for hydroxylation is 2. The maximum absolute atomic E-state index is 10.6. The molecule has 0 saturated heterocycles. The first kappa shape index (κ1) is 14.6. The standard InChI is InChI=1S/C19H21ClO/c1-13-9-10-16(11-18(13)20)19(21)12-15-7-4-6-14-5-2-3-8-17(14)15/h2-3,5,8-11,15,19,21H,4,6-7,12H2,1H3. The van der Waals surface area contributed by atoms with E-state index in [9.17, 15) is 5.11 Å². The van der Waals surface area contributed by atoms with Crippen LogP contribution in [0.3, 0.4) is 0 Å². The fourth-order valence-electron chi connectivity index (χ4n) is 3.32.